The van der Waals surface area contributed by atoms with Crippen molar-refractivity contribution in [3.63, 3.8) is 0 Å². The lowest BCUT2D eigenvalue weighted by atomic mass is 10.1. The number of unbranched alkanes of at least 4 members (excludes halogenated alkanes) is 1. The number of benzene rings is 3. The van der Waals surface area contributed by atoms with Crippen LogP contribution >= 0.6 is 11.6 Å². The van der Waals surface area contributed by atoms with Crippen molar-refractivity contribution in [1.29, 1.82) is 0 Å². The van der Waals surface area contributed by atoms with Crippen LogP contribution in [0.4, 0.5) is 0 Å². The minimum absolute atomic E-state index is 0.633. The minimum Gasteiger partial charge on any atom is -0.275 e. The van der Waals surface area contributed by atoms with Gasteiger partial charge >= 0.3 is 0 Å². The lowest BCUT2D eigenvalue weighted by Gasteiger charge is -2.10. The van der Waals surface area contributed by atoms with E-state index in [1.54, 1.807) is 0 Å². The first kappa shape index (κ1) is 18.8. The van der Waals surface area contributed by atoms with Crippen molar-refractivity contribution in [1.82, 2.24) is 19.5 Å². The number of para-hydroxylation sites is 2. The maximum atomic E-state index is 6.11. The van der Waals surface area contributed by atoms with Crippen LogP contribution in [-0.2, 0) is 6.42 Å². The third-order valence-electron chi connectivity index (χ3n) is 5.29. The zero-order chi connectivity index (χ0) is 20.5. The summed E-state index contributed by atoms with van der Waals surface area (Å²) in [5.74, 6) is 0.804. The Kier molecular flexibility index (Phi) is 4.93. The third-order valence-corrected chi connectivity index (χ3v) is 5.54. The first-order valence-corrected chi connectivity index (χ1v) is 10.6. The molecule has 0 fully saturated rings. The molecule has 2 heterocycles. The van der Waals surface area contributed by atoms with Crippen molar-refractivity contribution >= 4 is 33.9 Å². The molecule has 2 aromatic heterocycles. The van der Waals surface area contributed by atoms with E-state index in [-0.39, 0.29) is 0 Å². The number of nitrogens with zero attached hydrogens (tertiary/aromatic N) is 4. The summed E-state index contributed by atoms with van der Waals surface area (Å²) in [7, 11) is 0. The van der Waals surface area contributed by atoms with Gasteiger partial charge in [0, 0.05) is 16.3 Å². The van der Waals surface area contributed by atoms with Crippen LogP contribution in [0.3, 0.4) is 0 Å². The highest BCUT2D eigenvalue weighted by Gasteiger charge is 2.17. The summed E-state index contributed by atoms with van der Waals surface area (Å²) in [4.78, 5) is 14.5. The molecule has 5 aromatic rings. The molecule has 0 N–H and O–H groups in total. The quantitative estimate of drug-likeness (QED) is 0.325. The van der Waals surface area contributed by atoms with E-state index in [0.29, 0.717) is 10.7 Å². The van der Waals surface area contributed by atoms with E-state index in [1.807, 2.05) is 48.5 Å². The van der Waals surface area contributed by atoms with Gasteiger partial charge in [0.25, 0.3) is 0 Å². The maximum Gasteiger partial charge on any atom is 0.199 e. The van der Waals surface area contributed by atoms with E-state index in [4.69, 9.17) is 26.6 Å². The summed E-state index contributed by atoms with van der Waals surface area (Å²) in [5.41, 5.74) is 6.41. The molecule has 0 aliphatic heterocycles. The van der Waals surface area contributed by atoms with Gasteiger partial charge in [-0.1, -0.05) is 49.2 Å². The molecule has 0 spiro atoms. The largest absolute Gasteiger partial charge is 0.275 e. The number of hydrogen-bond acceptors (Lipinski definition) is 3. The number of aryl methyl sites for hydroxylation is 1. The molecule has 0 aliphatic carbocycles. The van der Waals surface area contributed by atoms with E-state index in [9.17, 15) is 0 Å². The van der Waals surface area contributed by atoms with Crippen LogP contribution in [-0.4, -0.2) is 19.5 Å². The van der Waals surface area contributed by atoms with Crippen molar-refractivity contribution < 1.29 is 0 Å². The van der Waals surface area contributed by atoms with Gasteiger partial charge < -0.3 is 0 Å². The van der Waals surface area contributed by atoms with Crippen LogP contribution in [0.2, 0.25) is 5.02 Å². The molecule has 0 saturated carbocycles. The Morgan fingerprint density at radius 2 is 1.50 bits per heavy atom. The van der Waals surface area contributed by atoms with E-state index < -0.39 is 0 Å². The van der Waals surface area contributed by atoms with Crippen LogP contribution in [0, 0.1) is 0 Å². The summed E-state index contributed by atoms with van der Waals surface area (Å²) in [6, 6.07) is 24.3. The first-order chi connectivity index (χ1) is 14.7. The van der Waals surface area contributed by atoms with Gasteiger partial charge in [-0.25, -0.2) is 15.0 Å². The summed E-state index contributed by atoms with van der Waals surface area (Å²) in [6.07, 6.45) is 3.48. The molecule has 5 rings (SSSR count). The monoisotopic (exact) mass is 412 g/mol. The summed E-state index contributed by atoms with van der Waals surface area (Å²) < 4.78 is 2.08. The molecule has 0 amide bonds. The highest BCUT2D eigenvalue weighted by Crippen LogP contribution is 2.29. The third kappa shape index (κ3) is 3.44. The van der Waals surface area contributed by atoms with Crippen LogP contribution in [0.15, 0.2) is 72.8 Å². The van der Waals surface area contributed by atoms with Crippen LogP contribution < -0.4 is 0 Å². The van der Waals surface area contributed by atoms with Gasteiger partial charge in [-0.15, -0.1) is 0 Å². The van der Waals surface area contributed by atoms with E-state index in [1.165, 1.54) is 18.4 Å². The predicted octanol–water partition coefficient (Wildman–Crippen LogP) is 6.63. The van der Waals surface area contributed by atoms with Crippen molar-refractivity contribution in [3.8, 4) is 17.1 Å². The van der Waals surface area contributed by atoms with Gasteiger partial charge in [-0.3, -0.25) is 4.57 Å². The molecule has 0 saturated heterocycles. The standard InChI is InChI=1S/C25H21ClN4/c1-2-3-6-17-9-15-20(16-10-17)30-24(18-11-13-19(26)14-12-18)29-23-25(30)28-22-8-5-4-7-21(22)27-23/h4-5,7-16H,2-3,6H2,1H3. The van der Waals surface area contributed by atoms with Gasteiger partial charge in [0.1, 0.15) is 5.82 Å². The molecule has 0 radical (unpaired) electrons. The zero-order valence-electron chi connectivity index (χ0n) is 16.7. The van der Waals surface area contributed by atoms with E-state index >= 15 is 0 Å². The Hall–Kier alpha value is -3.24. The Morgan fingerprint density at radius 3 is 2.20 bits per heavy atom. The van der Waals surface area contributed by atoms with Gasteiger partial charge in [0.15, 0.2) is 11.3 Å². The Balaban J connectivity index is 1.73. The lowest BCUT2D eigenvalue weighted by molar-refractivity contribution is 0.795. The fourth-order valence-electron chi connectivity index (χ4n) is 3.69. The smallest absolute Gasteiger partial charge is 0.199 e. The van der Waals surface area contributed by atoms with Gasteiger partial charge in [0.05, 0.1) is 11.0 Å². The summed E-state index contributed by atoms with van der Waals surface area (Å²) in [5, 5.41) is 0.698. The highest BCUT2D eigenvalue weighted by atomic mass is 35.5. The molecule has 0 atom stereocenters. The fraction of sp³-hybridized carbons (Fsp3) is 0.160. The first-order valence-electron chi connectivity index (χ1n) is 10.2. The molecular formula is C25H21ClN4. The second-order valence-corrected chi connectivity index (χ2v) is 7.84. The zero-order valence-corrected chi connectivity index (χ0v) is 17.5. The average Bonchev–Trinajstić information content (AvgIpc) is 3.15. The van der Waals surface area contributed by atoms with Crippen LogP contribution in [0.1, 0.15) is 25.3 Å². The molecule has 30 heavy (non-hydrogen) atoms. The minimum atomic E-state index is 0.633. The average molecular weight is 413 g/mol. The Labute approximate surface area is 180 Å². The lowest BCUT2D eigenvalue weighted by Crippen LogP contribution is -1.99. The summed E-state index contributed by atoms with van der Waals surface area (Å²) >= 11 is 6.11. The van der Waals surface area contributed by atoms with Crippen molar-refractivity contribution in [2.24, 2.45) is 0 Å². The Bertz CT molecular complexity index is 1320. The number of rotatable bonds is 5. The predicted molar refractivity (Wildman–Crippen MR) is 123 cm³/mol. The molecule has 3 aromatic carbocycles. The second kappa shape index (κ2) is 7.88. The molecule has 0 unspecified atom stereocenters. The SMILES string of the molecule is CCCCc1ccc(-n2c(-c3ccc(Cl)cc3)nc3nc4ccccc4nc32)cc1. The van der Waals surface area contributed by atoms with Crippen LogP contribution in [0.25, 0.3) is 39.4 Å². The van der Waals surface area contributed by atoms with Crippen molar-refractivity contribution in [3.05, 3.63) is 83.4 Å². The topological polar surface area (TPSA) is 43.6 Å². The molecule has 5 heteroatoms. The highest BCUT2D eigenvalue weighted by molar-refractivity contribution is 6.30. The van der Waals surface area contributed by atoms with Gasteiger partial charge in [-0.05, 0) is 66.9 Å². The molecule has 148 valence electrons. The molecular weight excluding hydrogens is 392 g/mol. The number of aromatic nitrogens is 4. The van der Waals surface area contributed by atoms with E-state index in [2.05, 4.69) is 35.8 Å². The number of fused-ring (bicyclic) bond motifs is 2. The molecule has 4 nitrogen and oxygen atoms in total. The van der Waals surface area contributed by atoms with Crippen LogP contribution in [0.5, 0.6) is 0 Å². The molecule has 0 bridgehead atoms. The van der Waals surface area contributed by atoms with Crippen molar-refractivity contribution in [2.45, 2.75) is 26.2 Å². The number of hydrogen-bond donors (Lipinski definition) is 0. The number of imidazole rings is 1. The Morgan fingerprint density at radius 1 is 0.800 bits per heavy atom. The normalized spacial score (nSPS) is 11.4. The van der Waals surface area contributed by atoms with E-state index in [0.717, 1.165) is 40.2 Å². The van der Waals surface area contributed by atoms with Crippen molar-refractivity contribution in [2.75, 3.05) is 0 Å². The fourth-order valence-corrected chi connectivity index (χ4v) is 3.81. The summed E-state index contributed by atoms with van der Waals surface area (Å²) in [6.45, 7) is 2.22. The number of halogens is 1. The second-order valence-electron chi connectivity index (χ2n) is 7.41. The molecule has 0 aliphatic rings. The maximum absolute atomic E-state index is 6.11. The van der Waals surface area contributed by atoms with Gasteiger partial charge in [-0.2, -0.15) is 0 Å². The van der Waals surface area contributed by atoms with Gasteiger partial charge in [0.2, 0.25) is 0 Å².